The second-order valence-corrected chi connectivity index (χ2v) is 10.4. The Labute approximate surface area is 198 Å². The Bertz CT molecular complexity index is 994. The van der Waals surface area contributed by atoms with Crippen LogP contribution in [-0.4, -0.2) is 53.4 Å². The molecule has 0 unspecified atom stereocenters. The molecular weight excluding hydrogens is 444 g/mol. The molecule has 2 aromatic rings. The third kappa shape index (κ3) is 5.02. The van der Waals surface area contributed by atoms with E-state index in [4.69, 9.17) is 16.3 Å². The van der Waals surface area contributed by atoms with E-state index in [1.165, 1.54) is 0 Å². The summed E-state index contributed by atoms with van der Waals surface area (Å²) < 4.78 is 6.01. The fourth-order valence-corrected chi connectivity index (χ4v) is 5.39. The standard InChI is InChI=1S/C25H29ClN2O3S/c1-24(2,31-21-6-4-3-5-20(21)26)23(30)28-15-12-25(18-28)10-13-27(14-11-25)22(29)8-7-19-9-16-32-17-19/h3-9,16-17H,10-15,18H2,1-2H3. The van der Waals surface area contributed by atoms with Crippen molar-refractivity contribution < 1.29 is 14.3 Å². The van der Waals surface area contributed by atoms with Gasteiger partial charge in [0, 0.05) is 32.3 Å². The van der Waals surface area contributed by atoms with Crippen molar-refractivity contribution in [2.45, 2.75) is 38.7 Å². The highest BCUT2D eigenvalue weighted by atomic mass is 35.5. The van der Waals surface area contributed by atoms with Gasteiger partial charge in [0.1, 0.15) is 5.75 Å². The van der Waals surface area contributed by atoms with E-state index in [0.717, 1.165) is 44.5 Å². The van der Waals surface area contributed by atoms with Gasteiger partial charge in [-0.15, -0.1) is 0 Å². The summed E-state index contributed by atoms with van der Waals surface area (Å²) in [6.07, 6.45) is 6.34. The first kappa shape index (κ1) is 22.9. The molecule has 2 aliphatic heterocycles. The summed E-state index contributed by atoms with van der Waals surface area (Å²) >= 11 is 7.84. The molecule has 0 N–H and O–H groups in total. The Hall–Kier alpha value is -2.31. The second kappa shape index (κ2) is 9.28. The largest absolute Gasteiger partial charge is 0.476 e. The Morgan fingerprint density at radius 3 is 2.44 bits per heavy atom. The van der Waals surface area contributed by atoms with Gasteiger partial charge >= 0.3 is 0 Å². The Kier molecular flexibility index (Phi) is 6.63. The number of benzene rings is 1. The third-order valence-electron chi connectivity index (χ3n) is 6.54. The Balaban J connectivity index is 1.32. The number of hydrogen-bond donors (Lipinski definition) is 0. The summed E-state index contributed by atoms with van der Waals surface area (Å²) in [5, 5.41) is 4.52. The van der Waals surface area contributed by atoms with Crippen LogP contribution in [0.4, 0.5) is 0 Å². The van der Waals surface area contributed by atoms with Crippen molar-refractivity contribution >= 4 is 40.8 Å². The maximum Gasteiger partial charge on any atom is 0.266 e. The van der Waals surface area contributed by atoms with Crippen molar-refractivity contribution in [2.75, 3.05) is 26.2 Å². The zero-order valence-corrected chi connectivity index (χ0v) is 20.1. The van der Waals surface area contributed by atoms with Crippen LogP contribution in [-0.2, 0) is 9.59 Å². The summed E-state index contributed by atoms with van der Waals surface area (Å²) in [4.78, 5) is 29.7. The highest BCUT2D eigenvalue weighted by Crippen LogP contribution is 2.41. The van der Waals surface area contributed by atoms with E-state index in [2.05, 4.69) is 0 Å². The molecule has 5 nitrogen and oxygen atoms in total. The number of rotatable bonds is 5. The van der Waals surface area contributed by atoms with Gasteiger partial charge in [-0.1, -0.05) is 23.7 Å². The predicted molar refractivity (Wildman–Crippen MR) is 129 cm³/mol. The third-order valence-corrected chi connectivity index (χ3v) is 7.55. The second-order valence-electron chi connectivity index (χ2n) is 9.23. The molecule has 32 heavy (non-hydrogen) atoms. The molecular formula is C25H29ClN2O3S. The van der Waals surface area contributed by atoms with Crippen molar-refractivity contribution in [1.82, 2.24) is 9.80 Å². The van der Waals surface area contributed by atoms with Gasteiger partial charge in [-0.25, -0.2) is 0 Å². The van der Waals surface area contributed by atoms with E-state index in [0.29, 0.717) is 17.3 Å². The van der Waals surface area contributed by atoms with Crippen LogP contribution in [0.15, 0.2) is 47.2 Å². The summed E-state index contributed by atoms with van der Waals surface area (Å²) in [7, 11) is 0. The number of amides is 2. The van der Waals surface area contributed by atoms with E-state index in [9.17, 15) is 9.59 Å². The van der Waals surface area contributed by atoms with Gasteiger partial charge in [0.15, 0.2) is 5.60 Å². The number of piperidine rings is 1. The van der Waals surface area contributed by atoms with Gasteiger partial charge in [-0.3, -0.25) is 9.59 Å². The number of para-hydroxylation sites is 1. The highest BCUT2D eigenvalue weighted by Gasteiger charge is 2.46. The summed E-state index contributed by atoms with van der Waals surface area (Å²) in [5.74, 6) is 0.557. The smallest absolute Gasteiger partial charge is 0.266 e. The van der Waals surface area contributed by atoms with Crippen LogP contribution < -0.4 is 4.74 Å². The van der Waals surface area contributed by atoms with Gasteiger partial charge in [-0.2, -0.15) is 11.3 Å². The molecule has 2 amide bonds. The topological polar surface area (TPSA) is 49.9 Å². The number of carbonyl (C=O) groups is 2. The van der Waals surface area contributed by atoms with Crippen LogP contribution in [0.1, 0.15) is 38.7 Å². The molecule has 4 rings (SSSR count). The number of halogens is 1. The van der Waals surface area contributed by atoms with E-state index < -0.39 is 5.60 Å². The number of ether oxygens (including phenoxy) is 1. The number of carbonyl (C=O) groups excluding carboxylic acids is 2. The molecule has 2 fully saturated rings. The zero-order chi connectivity index (χ0) is 22.8. The first-order chi connectivity index (χ1) is 15.3. The molecule has 0 bridgehead atoms. The summed E-state index contributed by atoms with van der Waals surface area (Å²) in [5.41, 5.74) is 0.146. The lowest BCUT2D eigenvalue weighted by atomic mass is 9.77. The van der Waals surface area contributed by atoms with Crippen molar-refractivity contribution in [3.05, 3.63) is 57.8 Å². The zero-order valence-electron chi connectivity index (χ0n) is 18.6. The fraction of sp³-hybridized carbons (Fsp3) is 0.440. The lowest BCUT2D eigenvalue weighted by Gasteiger charge is -2.39. The lowest BCUT2D eigenvalue weighted by Crippen LogP contribution is -2.49. The fourth-order valence-electron chi connectivity index (χ4n) is 4.59. The maximum atomic E-state index is 13.3. The maximum absolute atomic E-state index is 13.3. The summed E-state index contributed by atoms with van der Waals surface area (Å²) in [6.45, 7) is 6.49. The van der Waals surface area contributed by atoms with Crippen LogP contribution in [0, 0.1) is 5.41 Å². The van der Waals surface area contributed by atoms with Gasteiger partial charge in [0.2, 0.25) is 5.91 Å². The minimum Gasteiger partial charge on any atom is -0.476 e. The number of thiophene rings is 1. The van der Waals surface area contributed by atoms with E-state index in [1.54, 1.807) is 43.4 Å². The Morgan fingerprint density at radius 2 is 1.78 bits per heavy atom. The van der Waals surface area contributed by atoms with Crippen molar-refractivity contribution in [3.63, 3.8) is 0 Å². The van der Waals surface area contributed by atoms with Crippen molar-refractivity contribution in [3.8, 4) is 5.75 Å². The predicted octanol–water partition coefficient (Wildman–Crippen LogP) is 5.11. The molecule has 0 atom stereocenters. The average Bonchev–Trinajstić information content (AvgIpc) is 3.44. The molecule has 0 radical (unpaired) electrons. The molecule has 2 aliphatic rings. The molecule has 1 aromatic heterocycles. The normalized spacial score (nSPS) is 18.5. The first-order valence-electron chi connectivity index (χ1n) is 11.0. The van der Waals surface area contributed by atoms with Gasteiger partial charge in [0.05, 0.1) is 5.02 Å². The molecule has 1 aromatic carbocycles. The van der Waals surface area contributed by atoms with Crippen molar-refractivity contribution in [2.24, 2.45) is 5.41 Å². The van der Waals surface area contributed by atoms with Crippen LogP contribution in [0.2, 0.25) is 5.02 Å². The molecule has 3 heterocycles. The monoisotopic (exact) mass is 472 g/mol. The minimum absolute atomic E-state index is 0.0218. The van der Waals surface area contributed by atoms with Crippen LogP contribution in [0.25, 0.3) is 6.08 Å². The van der Waals surface area contributed by atoms with Crippen LogP contribution in [0.3, 0.4) is 0 Å². The molecule has 0 saturated carbocycles. The van der Waals surface area contributed by atoms with E-state index >= 15 is 0 Å². The SMILES string of the molecule is CC(C)(Oc1ccccc1Cl)C(=O)N1CCC2(CCN(C(=O)C=Cc3ccsc3)CC2)C1. The molecule has 0 aliphatic carbocycles. The molecule has 170 valence electrons. The molecule has 7 heteroatoms. The quantitative estimate of drug-likeness (QED) is 0.568. The van der Waals surface area contributed by atoms with Gasteiger partial charge in [0.25, 0.3) is 5.91 Å². The van der Waals surface area contributed by atoms with E-state index in [-0.39, 0.29) is 17.2 Å². The average molecular weight is 473 g/mol. The van der Waals surface area contributed by atoms with Crippen molar-refractivity contribution in [1.29, 1.82) is 0 Å². The number of likely N-dealkylation sites (tertiary alicyclic amines) is 2. The van der Waals surface area contributed by atoms with Gasteiger partial charge < -0.3 is 14.5 Å². The summed E-state index contributed by atoms with van der Waals surface area (Å²) in [6, 6.07) is 9.22. The molecule has 2 saturated heterocycles. The highest BCUT2D eigenvalue weighted by molar-refractivity contribution is 7.08. The first-order valence-corrected chi connectivity index (χ1v) is 12.3. The number of nitrogens with zero attached hydrogens (tertiary/aromatic N) is 2. The van der Waals surface area contributed by atoms with Gasteiger partial charge in [-0.05, 0) is 79.1 Å². The van der Waals surface area contributed by atoms with E-state index in [1.807, 2.05) is 44.8 Å². The lowest BCUT2D eigenvalue weighted by molar-refractivity contribution is -0.145. The minimum atomic E-state index is -1.00. The van der Waals surface area contributed by atoms with Crippen LogP contribution in [0.5, 0.6) is 5.75 Å². The number of hydrogen-bond acceptors (Lipinski definition) is 4. The molecule has 1 spiro atoms. The van der Waals surface area contributed by atoms with Crippen LogP contribution >= 0.6 is 22.9 Å². The Morgan fingerprint density at radius 1 is 1.09 bits per heavy atom.